The predicted molar refractivity (Wildman–Crippen MR) is 68.9 cm³/mol. The largest absolute Gasteiger partial charge is 0.393 e. The lowest BCUT2D eigenvalue weighted by atomic mass is 9.97. The van der Waals surface area contributed by atoms with E-state index in [1.54, 1.807) is 17.0 Å². The molecule has 0 spiro atoms. The van der Waals surface area contributed by atoms with Gasteiger partial charge in [0.25, 0.3) is 0 Å². The minimum absolute atomic E-state index is 0.0696. The van der Waals surface area contributed by atoms with Crippen molar-refractivity contribution in [1.82, 2.24) is 4.98 Å². The van der Waals surface area contributed by atoms with Crippen LogP contribution in [0.2, 0.25) is 0 Å². The highest BCUT2D eigenvalue weighted by atomic mass is 79.9. The van der Waals surface area contributed by atoms with E-state index in [4.69, 9.17) is 0 Å². The van der Waals surface area contributed by atoms with Crippen molar-refractivity contribution >= 4 is 21.6 Å². The number of rotatable bonds is 2. The Kier molecular flexibility index (Phi) is 4.35. The summed E-state index contributed by atoms with van der Waals surface area (Å²) in [5, 5.41) is 9.27. The molecule has 2 heterocycles. The topological polar surface area (TPSA) is 36.4 Å². The maximum Gasteiger partial charge on any atom is 0.393 e. The molecule has 7 heteroatoms. The molecule has 1 N–H and O–H groups in total. The fourth-order valence-corrected chi connectivity index (χ4v) is 2.68. The van der Waals surface area contributed by atoms with Crippen LogP contribution in [-0.2, 0) is 6.61 Å². The summed E-state index contributed by atoms with van der Waals surface area (Å²) in [5.41, 5.74) is 0.983. The van der Waals surface area contributed by atoms with E-state index >= 15 is 0 Å². The molecule has 1 aromatic rings. The van der Waals surface area contributed by atoms with Crippen LogP contribution in [0.15, 0.2) is 16.7 Å². The summed E-state index contributed by atoms with van der Waals surface area (Å²) in [6.07, 6.45) is -3.51. The molecule has 1 fully saturated rings. The van der Waals surface area contributed by atoms with Crippen molar-refractivity contribution in [3.05, 3.63) is 22.4 Å². The first-order chi connectivity index (χ1) is 8.91. The highest BCUT2D eigenvalue weighted by Gasteiger charge is 2.42. The highest BCUT2D eigenvalue weighted by molar-refractivity contribution is 9.10. The Morgan fingerprint density at radius 2 is 2.16 bits per heavy atom. The van der Waals surface area contributed by atoms with E-state index in [1.165, 1.54) is 0 Å². The SMILES string of the molecule is OCc1nc(Br)ccc1N1CCCC(C(F)(F)F)C1. The number of anilines is 1. The fraction of sp³-hybridized carbons (Fsp3) is 0.583. The number of aromatic nitrogens is 1. The number of halogens is 4. The summed E-state index contributed by atoms with van der Waals surface area (Å²) < 4.78 is 38.9. The maximum atomic E-state index is 12.8. The third-order valence-corrected chi connectivity index (χ3v) is 3.73. The molecule has 1 atom stereocenters. The minimum Gasteiger partial charge on any atom is -0.390 e. The number of pyridine rings is 1. The zero-order chi connectivity index (χ0) is 14.0. The summed E-state index contributed by atoms with van der Waals surface area (Å²) >= 11 is 3.18. The van der Waals surface area contributed by atoms with Crippen LogP contribution in [0.25, 0.3) is 0 Å². The average Bonchev–Trinajstić information content (AvgIpc) is 2.37. The lowest BCUT2D eigenvalue weighted by molar-refractivity contribution is -0.176. The minimum atomic E-state index is -4.17. The van der Waals surface area contributed by atoms with Crippen LogP contribution >= 0.6 is 15.9 Å². The number of aliphatic hydroxyl groups is 1. The predicted octanol–water partition coefficient (Wildman–Crippen LogP) is 3.12. The molecule has 1 aliphatic rings. The molecule has 1 saturated heterocycles. The molecular weight excluding hydrogens is 325 g/mol. The van der Waals surface area contributed by atoms with Crippen molar-refractivity contribution in [3.63, 3.8) is 0 Å². The Bertz CT molecular complexity index is 453. The number of hydrogen-bond acceptors (Lipinski definition) is 3. The van der Waals surface area contributed by atoms with Crippen LogP contribution in [0.3, 0.4) is 0 Å². The Morgan fingerprint density at radius 1 is 1.42 bits per heavy atom. The van der Waals surface area contributed by atoms with Gasteiger partial charge in [0.2, 0.25) is 0 Å². The Balaban J connectivity index is 2.22. The van der Waals surface area contributed by atoms with Gasteiger partial charge >= 0.3 is 6.18 Å². The quantitative estimate of drug-likeness (QED) is 0.841. The van der Waals surface area contributed by atoms with Crippen LogP contribution in [0.1, 0.15) is 18.5 Å². The number of aliphatic hydroxyl groups excluding tert-OH is 1. The van der Waals surface area contributed by atoms with E-state index in [0.717, 1.165) is 0 Å². The van der Waals surface area contributed by atoms with Crippen molar-refractivity contribution in [2.75, 3.05) is 18.0 Å². The number of alkyl halides is 3. The van der Waals surface area contributed by atoms with Gasteiger partial charge in [-0.25, -0.2) is 4.98 Å². The molecule has 0 bridgehead atoms. The first-order valence-electron chi connectivity index (χ1n) is 5.99. The summed E-state index contributed by atoms with van der Waals surface area (Å²) in [4.78, 5) is 5.76. The van der Waals surface area contributed by atoms with E-state index < -0.39 is 12.1 Å². The third kappa shape index (κ3) is 3.39. The summed E-state index contributed by atoms with van der Waals surface area (Å²) in [6.45, 7) is 0.199. The molecule has 0 aliphatic carbocycles. The zero-order valence-electron chi connectivity index (χ0n) is 10.1. The summed E-state index contributed by atoms with van der Waals surface area (Å²) in [6, 6.07) is 3.37. The first-order valence-corrected chi connectivity index (χ1v) is 6.79. The van der Waals surface area contributed by atoms with Gasteiger partial charge in [0.05, 0.1) is 23.9 Å². The van der Waals surface area contributed by atoms with Gasteiger partial charge in [0.15, 0.2) is 0 Å². The van der Waals surface area contributed by atoms with Crippen LogP contribution in [0.5, 0.6) is 0 Å². The second kappa shape index (κ2) is 5.66. The molecular formula is C12H14BrF3N2O. The molecule has 0 saturated carbocycles. The molecule has 1 aromatic heterocycles. The first kappa shape index (κ1) is 14.6. The van der Waals surface area contributed by atoms with E-state index in [0.29, 0.717) is 29.0 Å². The smallest absolute Gasteiger partial charge is 0.390 e. The second-order valence-corrected chi connectivity index (χ2v) is 5.40. The van der Waals surface area contributed by atoms with Crippen LogP contribution in [0, 0.1) is 5.92 Å². The van der Waals surface area contributed by atoms with Crippen molar-refractivity contribution in [1.29, 1.82) is 0 Å². The normalized spacial score (nSPS) is 20.7. The Hall–Kier alpha value is -0.820. The van der Waals surface area contributed by atoms with Crippen LogP contribution in [-0.4, -0.2) is 29.4 Å². The number of piperidine rings is 1. The van der Waals surface area contributed by atoms with Gasteiger partial charge in [-0.3, -0.25) is 0 Å². The van der Waals surface area contributed by atoms with Gasteiger partial charge in [0.1, 0.15) is 4.60 Å². The Labute approximate surface area is 117 Å². The van der Waals surface area contributed by atoms with Crippen LogP contribution < -0.4 is 4.90 Å². The van der Waals surface area contributed by atoms with Crippen molar-refractivity contribution < 1.29 is 18.3 Å². The molecule has 1 unspecified atom stereocenters. The average molecular weight is 339 g/mol. The van der Waals surface area contributed by atoms with Gasteiger partial charge in [-0.05, 0) is 40.9 Å². The standard InChI is InChI=1S/C12H14BrF3N2O/c13-11-4-3-10(9(7-19)17-11)18-5-1-2-8(6-18)12(14,15)16/h3-4,8,19H,1-2,5-7H2. The van der Waals surface area contributed by atoms with E-state index in [1.807, 2.05) is 0 Å². The summed E-state index contributed by atoms with van der Waals surface area (Å²) in [7, 11) is 0. The molecule has 2 rings (SSSR count). The van der Waals surface area contributed by atoms with Gasteiger partial charge in [-0.15, -0.1) is 0 Å². The van der Waals surface area contributed by atoms with Crippen molar-refractivity contribution in [2.45, 2.75) is 25.6 Å². The van der Waals surface area contributed by atoms with E-state index in [2.05, 4.69) is 20.9 Å². The molecule has 0 amide bonds. The van der Waals surface area contributed by atoms with E-state index in [-0.39, 0.29) is 19.6 Å². The highest BCUT2D eigenvalue weighted by Crippen LogP contribution is 2.35. The third-order valence-electron chi connectivity index (χ3n) is 3.29. The fourth-order valence-electron chi connectivity index (χ4n) is 2.33. The Morgan fingerprint density at radius 3 is 2.79 bits per heavy atom. The monoisotopic (exact) mass is 338 g/mol. The van der Waals surface area contributed by atoms with Crippen LogP contribution in [0.4, 0.5) is 18.9 Å². The van der Waals surface area contributed by atoms with Gasteiger partial charge in [0, 0.05) is 13.1 Å². The van der Waals surface area contributed by atoms with Crippen molar-refractivity contribution in [3.8, 4) is 0 Å². The van der Waals surface area contributed by atoms with E-state index in [9.17, 15) is 18.3 Å². The summed E-state index contributed by atoms with van der Waals surface area (Å²) in [5.74, 6) is -1.31. The zero-order valence-corrected chi connectivity index (χ0v) is 11.7. The van der Waals surface area contributed by atoms with Crippen molar-refractivity contribution in [2.24, 2.45) is 5.92 Å². The molecule has 0 radical (unpaired) electrons. The van der Waals surface area contributed by atoms with Gasteiger partial charge in [-0.1, -0.05) is 0 Å². The molecule has 106 valence electrons. The molecule has 1 aliphatic heterocycles. The lowest BCUT2D eigenvalue weighted by Gasteiger charge is -2.35. The number of nitrogens with zero attached hydrogens (tertiary/aromatic N) is 2. The maximum absolute atomic E-state index is 12.8. The number of hydrogen-bond donors (Lipinski definition) is 1. The second-order valence-electron chi connectivity index (χ2n) is 4.58. The van der Waals surface area contributed by atoms with Gasteiger partial charge < -0.3 is 10.0 Å². The molecule has 19 heavy (non-hydrogen) atoms. The lowest BCUT2D eigenvalue weighted by Crippen LogP contribution is -2.42. The molecule has 0 aromatic carbocycles. The molecule has 3 nitrogen and oxygen atoms in total. The van der Waals surface area contributed by atoms with Gasteiger partial charge in [-0.2, -0.15) is 13.2 Å².